The number of carbonyl (C=O) groups is 2. The first-order valence-electron chi connectivity index (χ1n) is 9.44. The lowest BCUT2D eigenvalue weighted by atomic mass is 9.93. The van der Waals surface area contributed by atoms with Gasteiger partial charge in [0.25, 0.3) is 0 Å². The molecular formula is C26H22O4. The lowest BCUT2D eigenvalue weighted by molar-refractivity contribution is 0.0586. The molecule has 0 aromatic heterocycles. The van der Waals surface area contributed by atoms with Crippen LogP contribution in [0, 0.1) is 0 Å². The molecule has 0 bridgehead atoms. The van der Waals surface area contributed by atoms with Gasteiger partial charge in [0.1, 0.15) is 0 Å². The van der Waals surface area contributed by atoms with E-state index >= 15 is 0 Å². The highest BCUT2D eigenvalue weighted by atomic mass is 16.5. The van der Waals surface area contributed by atoms with E-state index in [1.807, 2.05) is 85.0 Å². The summed E-state index contributed by atoms with van der Waals surface area (Å²) in [5, 5.41) is 0. The molecule has 0 aliphatic heterocycles. The van der Waals surface area contributed by atoms with E-state index in [1.54, 1.807) is 12.1 Å². The summed E-state index contributed by atoms with van der Waals surface area (Å²) in [4.78, 5) is 24.9. The number of hydrogen-bond acceptors (Lipinski definition) is 4. The zero-order chi connectivity index (χ0) is 21.3. The Hall–Kier alpha value is -3.92. The molecule has 0 fully saturated rings. The van der Waals surface area contributed by atoms with Crippen molar-refractivity contribution < 1.29 is 19.1 Å². The van der Waals surface area contributed by atoms with E-state index in [0.29, 0.717) is 22.3 Å². The second kappa shape index (κ2) is 10.0. The third kappa shape index (κ3) is 4.92. The highest BCUT2D eigenvalue weighted by Crippen LogP contribution is 2.26. The maximum atomic E-state index is 12.4. The van der Waals surface area contributed by atoms with Gasteiger partial charge < -0.3 is 9.47 Å². The molecule has 0 radical (unpaired) electrons. The quantitative estimate of drug-likeness (QED) is 0.401. The minimum absolute atomic E-state index is 0.366. The number of esters is 2. The fourth-order valence-electron chi connectivity index (χ4n) is 3.06. The van der Waals surface area contributed by atoms with Gasteiger partial charge in [-0.25, -0.2) is 9.59 Å². The maximum absolute atomic E-state index is 12.4. The summed E-state index contributed by atoms with van der Waals surface area (Å²) in [5.41, 5.74) is 3.83. The molecule has 30 heavy (non-hydrogen) atoms. The second-order valence-electron chi connectivity index (χ2n) is 6.46. The summed E-state index contributed by atoms with van der Waals surface area (Å²) < 4.78 is 9.92. The number of carbonyl (C=O) groups excluding carboxylic acids is 2. The van der Waals surface area contributed by atoms with E-state index in [2.05, 4.69) is 0 Å². The van der Waals surface area contributed by atoms with E-state index in [0.717, 1.165) is 11.1 Å². The van der Waals surface area contributed by atoms with E-state index in [4.69, 9.17) is 9.47 Å². The molecule has 0 spiro atoms. The van der Waals surface area contributed by atoms with Crippen LogP contribution in [-0.2, 0) is 9.47 Å². The van der Waals surface area contributed by atoms with Crippen LogP contribution in [0.15, 0.2) is 72.8 Å². The summed E-state index contributed by atoms with van der Waals surface area (Å²) in [6, 6.07) is 22.6. The van der Waals surface area contributed by atoms with Gasteiger partial charge in [0.05, 0.1) is 25.3 Å². The van der Waals surface area contributed by atoms with Crippen molar-refractivity contribution in [2.45, 2.75) is 0 Å². The monoisotopic (exact) mass is 398 g/mol. The molecule has 0 aliphatic rings. The first-order valence-corrected chi connectivity index (χ1v) is 9.44. The fourth-order valence-corrected chi connectivity index (χ4v) is 3.06. The standard InChI is InChI=1S/C26H22O4/c1-29-25(27)23-17-18-24(26(28)30-2)22(16-14-20-11-7-4-8-12-20)21(23)15-13-19-9-5-3-6-10-19/h3-18H,1-2H3. The minimum atomic E-state index is -0.478. The van der Waals surface area contributed by atoms with Crippen LogP contribution < -0.4 is 0 Å². The van der Waals surface area contributed by atoms with Crippen molar-refractivity contribution in [2.24, 2.45) is 0 Å². The van der Waals surface area contributed by atoms with E-state index in [-0.39, 0.29) is 0 Å². The van der Waals surface area contributed by atoms with Crippen LogP contribution in [0.1, 0.15) is 43.0 Å². The molecule has 0 saturated heterocycles. The maximum Gasteiger partial charge on any atom is 0.338 e. The Labute approximate surface area is 176 Å². The smallest absolute Gasteiger partial charge is 0.338 e. The van der Waals surface area contributed by atoms with Crippen molar-refractivity contribution in [3.8, 4) is 0 Å². The lowest BCUT2D eigenvalue weighted by Crippen LogP contribution is -2.10. The lowest BCUT2D eigenvalue weighted by Gasteiger charge is -2.12. The summed E-state index contributed by atoms with van der Waals surface area (Å²) in [7, 11) is 2.67. The van der Waals surface area contributed by atoms with Crippen LogP contribution in [0.2, 0.25) is 0 Å². The molecule has 0 amide bonds. The van der Waals surface area contributed by atoms with Crippen LogP contribution in [0.3, 0.4) is 0 Å². The third-order valence-electron chi connectivity index (χ3n) is 4.58. The first kappa shape index (κ1) is 20.8. The van der Waals surface area contributed by atoms with Gasteiger partial charge in [-0.05, 0) is 34.4 Å². The number of methoxy groups -OCH3 is 2. The fraction of sp³-hybridized carbons (Fsp3) is 0.0769. The van der Waals surface area contributed by atoms with Crippen LogP contribution in [-0.4, -0.2) is 26.2 Å². The van der Waals surface area contributed by atoms with Crippen molar-refractivity contribution >= 4 is 36.2 Å². The van der Waals surface area contributed by atoms with Crippen molar-refractivity contribution in [3.05, 3.63) is 106 Å². The number of rotatable bonds is 6. The van der Waals surface area contributed by atoms with Crippen LogP contribution in [0.5, 0.6) is 0 Å². The highest BCUT2D eigenvalue weighted by Gasteiger charge is 2.19. The van der Waals surface area contributed by atoms with Gasteiger partial charge in [0, 0.05) is 0 Å². The van der Waals surface area contributed by atoms with Gasteiger partial charge in [0.15, 0.2) is 0 Å². The molecule has 0 N–H and O–H groups in total. The Balaban J connectivity index is 2.20. The van der Waals surface area contributed by atoms with Crippen molar-refractivity contribution in [3.63, 3.8) is 0 Å². The zero-order valence-electron chi connectivity index (χ0n) is 16.9. The van der Waals surface area contributed by atoms with Gasteiger partial charge in [-0.15, -0.1) is 0 Å². The van der Waals surface area contributed by atoms with Crippen LogP contribution in [0.25, 0.3) is 24.3 Å². The summed E-state index contributed by atoms with van der Waals surface area (Å²) >= 11 is 0. The van der Waals surface area contributed by atoms with Gasteiger partial charge in [-0.2, -0.15) is 0 Å². The molecule has 0 atom stereocenters. The van der Waals surface area contributed by atoms with Gasteiger partial charge in [-0.1, -0.05) is 85.0 Å². The predicted octanol–water partition coefficient (Wildman–Crippen LogP) is 5.60. The largest absolute Gasteiger partial charge is 0.465 e. The SMILES string of the molecule is COC(=O)c1ccc(C(=O)OC)c(C=Cc2ccccc2)c1C=Cc1ccccc1. The minimum Gasteiger partial charge on any atom is -0.465 e. The molecule has 4 nitrogen and oxygen atoms in total. The van der Waals surface area contributed by atoms with Crippen molar-refractivity contribution in [1.82, 2.24) is 0 Å². The van der Waals surface area contributed by atoms with E-state index < -0.39 is 11.9 Å². The Morgan fingerprint density at radius 2 is 0.933 bits per heavy atom. The number of benzene rings is 3. The van der Waals surface area contributed by atoms with Gasteiger partial charge in [-0.3, -0.25) is 0 Å². The molecule has 3 rings (SSSR count). The van der Waals surface area contributed by atoms with Crippen LogP contribution in [0.4, 0.5) is 0 Å². The normalized spacial score (nSPS) is 11.0. The molecule has 3 aromatic carbocycles. The Bertz CT molecular complexity index is 992. The molecule has 0 saturated carbocycles. The molecular weight excluding hydrogens is 376 g/mol. The summed E-state index contributed by atoms with van der Waals surface area (Å²) in [6.45, 7) is 0. The van der Waals surface area contributed by atoms with E-state index in [9.17, 15) is 9.59 Å². The van der Waals surface area contributed by atoms with Crippen molar-refractivity contribution in [2.75, 3.05) is 14.2 Å². The number of ether oxygens (including phenoxy) is 2. The molecule has 0 heterocycles. The van der Waals surface area contributed by atoms with E-state index in [1.165, 1.54) is 14.2 Å². The van der Waals surface area contributed by atoms with Gasteiger partial charge >= 0.3 is 11.9 Å². The van der Waals surface area contributed by atoms with Gasteiger partial charge in [0.2, 0.25) is 0 Å². The topological polar surface area (TPSA) is 52.6 Å². The predicted molar refractivity (Wildman–Crippen MR) is 120 cm³/mol. The Morgan fingerprint density at radius 1 is 0.567 bits per heavy atom. The summed E-state index contributed by atoms with van der Waals surface area (Å²) in [6.07, 6.45) is 7.42. The Kier molecular flexibility index (Phi) is 6.95. The molecule has 3 aromatic rings. The molecule has 4 heteroatoms. The molecule has 0 aliphatic carbocycles. The average Bonchev–Trinajstić information content (AvgIpc) is 2.81. The zero-order valence-corrected chi connectivity index (χ0v) is 16.9. The summed E-state index contributed by atoms with van der Waals surface area (Å²) in [5.74, 6) is -0.957. The molecule has 0 unspecified atom stereocenters. The average molecular weight is 398 g/mol. The van der Waals surface area contributed by atoms with Crippen molar-refractivity contribution in [1.29, 1.82) is 0 Å². The third-order valence-corrected chi connectivity index (χ3v) is 4.58. The molecule has 150 valence electrons. The van der Waals surface area contributed by atoms with Crippen LogP contribution >= 0.6 is 0 Å². The Morgan fingerprint density at radius 3 is 1.27 bits per heavy atom. The second-order valence-corrected chi connectivity index (χ2v) is 6.46. The first-order chi connectivity index (χ1) is 14.6. The number of hydrogen-bond donors (Lipinski definition) is 0. The highest BCUT2D eigenvalue weighted by molar-refractivity contribution is 6.03.